The molecule has 22 heavy (non-hydrogen) atoms. The largest absolute Gasteiger partial charge is 0.468 e. The van der Waals surface area contributed by atoms with Crippen LogP contribution in [-0.2, 0) is 14.3 Å². The molecule has 7 heteroatoms. The van der Waals surface area contributed by atoms with E-state index in [9.17, 15) is 14.4 Å². The predicted molar refractivity (Wildman–Crippen MR) is 87.0 cm³/mol. The molecule has 0 aliphatic heterocycles. The smallest absolute Gasteiger partial charge is 0.325 e. The number of benzene rings is 1. The van der Waals surface area contributed by atoms with E-state index >= 15 is 0 Å². The minimum Gasteiger partial charge on any atom is -0.468 e. The zero-order chi connectivity index (χ0) is 16.5. The first-order valence-electron chi connectivity index (χ1n) is 6.79. The molecular formula is C15H20N2O4S. The number of esters is 1. The van der Waals surface area contributed by atoms with Gasteiger partial charge in [0.25, 0.3) is 5.91 Å². The summed E-state index contributed by atoms with van der Waals surface area (Å²) in [6.45, 7) is 3.87. The van der Waals surface area contributed by atoms with Gasteiger partial charge in [0.05, 0.1) is 12.9 Å². The van der Waals surface area contributed by atoms with Crippen molar-refractivity contribution in [3.05, 3.63) is 29.8 Å². The topological polar surface area (TPSA) is 84.5 Å². The summed E-state index contributed by atoms with van der Waals surface area (Å²) in [5, 5.41) is 5.59. The maximum atomic E-state index is 11.8. The Kier molecular flexibility index (Phi) is 7.45. The van der Waals surface area contributed by atoms with Gasteiger partial charge in [-0.25, -0.2) is 0 Å². The van der Waals surface area contributed by atoms with Crippen molar-refractivity contribution < 1.29 is 19.1 Å². The van der Waals surface area contributed by atoms with Gasteiger partial charge >= 0.3 is 5.97 Å². The molecule has 6 nitrogen and oxygen atoms in total. The van der Waals surface area contributed by atoms with E-state index in [4.69, 9.17) is 0 Å². The lowest BCUT2D eigenvalue weighted by molar-refractivity contribution is -0.139. The molecule has 0 spiro atoms. The van der Waals surface area contributed by atoms with Crippen LogP contribution in [0.15, 0.2) is 24.3 Å². The molecule has 2 amide bonds. The Morgan fingerprint density at radius 1 is 1.18 bits per heavy atom. The number of methoxy groups -OCH3 is 1. The van der Waals surface area contributed by atoms with Crippen LogP contribution in [0.25, 0.3) is 0 Å². The van der Waals surface area contributed by atoms with E-state index in [-0.39, 0.29) is 18.4 Å². The van der Waals surface area contributed by atoms with Crippen LogP contribution in [0.1, 0.15) is 24.2 Å². The molecule has 0 aromatic heterocycles. The number of carbonyl (C=O) groups is 3. The van der Waals surface area contributed by atoms with Crippen LogP contribution in [-0.4, -0.2) is 42.4 Å². The van der Waals surface area contributed by atoms with E-state index in [1.54, 1.807) is 36.0 Å². The molecule has 0 saturated carbocycles. The van der Waals surface area contributed by atoms with Crippen LogP contribution in [0.5, 0.6) is 0 Å². The Balaban J connectivity index is 2.50. The van der Waals surface area contributed by atoms with Gasteiger partial charge < -0.3 is 15.4 Å². The summed E-state index contributed by atoms with van der Waals surface area (Å²) in [5.41, 5.74) is 1.03. The van der Waals surface area contributed by atoms with E-state index in [1.807, 2.05) is 13.8 Å². The van der Waals surface area contributed by atoms with Crippen molar-refractivity contribution in [1.29, 1.82) is 0 Å². The van der Waals surface area contributed by atoms with E-state index in [2.05, 4.69) is 15.4 Å². The molecule has 1 rings (SSSR count). The van der Waals surface area contributed by atoms with Gasteiger partial charge in [0.2, 0.25) is 5.91 Å². The van der Waals surface area contributed by atoms with E-state index in [0.717, 1.165) is 0 Å². The number of thioether (sulfide) groups is 1. The number of nitrogens with one attached hydrogen (secondary N) is 2. The predicted octanol–water partition coefficient (Wildman–Crippen LogP) is 1.67. The molecule has 1 aromatic carbocycles. The average Bonchev–Trinajstić information content (AvgIpc) is 2.51. The van der Waals surface area contributed by atoms with Crippen molar-refractivity contribution in [3.63, 3.8) is 0 Å². The normalized spacial score (nSPS) is 10.2. The van der Waals surface area contributed by atoms with Gasteiger partial charge in [-0.1, -0.05) is 13.8 Å². The lowest BCUT2D eigenvalue weighted by Crippen LogP contribution is -2.30. The first-order valence-corrected chi connectivity index (χ1v) is 7.83. The Bertz CT molecular complexity index is 529. The second-order valence-electron chi connectivity index (χ2n) is 4.74. The van der Waals surface area contributed by atoms with Crippen LogP contribution >= 0.6 is 11.8 Å². The number of hydrogen-bond donors (Lipinski definition) is 2. The van der Waals surface area contributed by atoms with Crippen LogP contribution in [0, 0.1) is 0 Å². The molecule has 1 aromatic rings. The van der Waals surface area contributed by atoms with Gasteiger partial charge in [0.1, 0.15) is 6.54 Å². The molecule has 0 heterocycles. The highest BCUT2D eigenvalue weighted by atomic mass is 32.2. The number of hydrogen-bond acceptors (Lipinski definition) is 5. The van der Waals surface area contributed by atoms with Gasteiger partial charge in [-0.2, -0.15) is 0 Å². The Hall–Kier alpha value is -2.02. The molecule has 0 atom stereocenters. The quantitative estimate of drug-likeness (QED) is 0.745. The number of amides is 2. The second kappa shape index (κ2) is 9.09. The van der Waals surface area contributed by atoms with E-state index in [1.165, 1.54) is 7.11 Å². The maximum absolute atomic E-state index is 11.8. The summed E-state index contributed by atoms with van der Waals surface area (Å²) in [6.07, 6.45) is 0. The highest BCUT2D eigenvalue weighted by molar-refractivity contribution is 8.00. The average molecular weight is 324 g/mol. The summed E-state index contributed by atoms with van der Waals surface area (Å²) >= 11 is 1.56. The Morgan fingerprint density at radius 2 is 1.82 bits per heavy atom. The van der Waals surface area contributed by atoms with Crippen molar-refractivity contribution in [2.24, 2.45) is 0 Å². The summed E-state index contributed by atoms with van der Waals surface area (Å²) in [5.74, 6) is -0.584. The Labute approximate surface area is 134 Å². The lowest BCUT2D eigenvalue weighted by Gasteiger charge is -2.08. The minimum atomic E-state index is -0.514. The maximum Gasteiger partial charge on any atom is 0.325 e. The van der Waals surface area contributed by atoms with Crippen LogP contribution < -0.4 is 10.6 Å². The highest BCUT2D eigenvalue weighted by Crippen LogP contribution is 2.12. The van der Waals surface area contributed by atoms with Gasteiger partial charge in [0.15, 0.2) is 0 Å². The van der Waals surface area contributed by atoms with Crippen molar-refractivity contribution in [2.45, 2.75) is 19.1 Å². The Morgan fingerprint density at radius 3 is 2.36 bits per heavy atom. The van der Waals surface area contributed by atoms with Gasteiger partial charge in [-0.05, 0) is 29.5 Å². The molecule has 0 saturated heterocycles. The zero-order valence-corrected chi connectivity index (χ0v) is 13.7. The fourth-order valence-corrected chi connectivity index (χ4v) is 2.03. The first kappa shape index (κ1) is 18.0. The fraction of sp³-hybridized carbons (Fsp3) is 0.400. The van der Waals surface area contributed by atoms with E-state index < -0.39 is 5.97 Å². The zero-order valence-electron chi connectivity index (χ0n) is 12.8. The SMILES string of the molecule is COC(=O)CNC(=O)c1ccc(NC(=O)CSC(C)C)cc1. The summed E-state index contributed by atoms with van der Waals surface area (Å²) in [6, 6.07) is 6.45. The van der Waals surface area contributed by atoms with Crippen molar-refractivity contribution in [2.75, 3.05) is 24.7 Å². The molecule has 0 aliphatic carbocycles. The monoisotopic (exact) mass is 324 g/mol. The highest BCUT2D eigenvalue weighted by Gasteiger charge is 2.09. The van der Waals surface area contributed by atoms with Gasteiger partial charge in [-0.3, -0.25) is 14.4 Å². The van der Waals surface area contributed by atoms with Crippen molar-refractivity contribution in [1.82, 2.24) is 5.32 Å². The number of ether oxygens (including phenoxy) is 1. The van der Waals surface area contributed by atoms with Crippen molar-refractivity contribution in [3.8, 4) is 0 Å². The fourth-order valence-electron chi connectivity index (χ4n) is 1.47. The molecule has 0 aliphatic rings. The molecule has 2 N–H and O–H groups in total. The molecule has 0 unspecified atom stereocenters. The standard InChI is InChI=1S/C15H20N2O4S/c1-10(2)22-9-13(18)17-12-6-4-11(5-7-12)15(20)16-8-14(19)21-3/h4-7,10H,8-9H2,1-3H3,(H,16,20)(H,17,18). The number of anilines is 1. The van der Waals surface area contributed by atoms with Gasteiger partial charge in [0, 0.05) is 11.3 Å². The van der Waals surface area contributed by atoms with Crippen LogP contribution in [0.3, 0.4) is 0 Å². The summed E-state index contributed by atoms with van der Waals surface area (Å²) in [4.78, 5) is 34.4. The molecule has 120 valence electrons. The minimum absolute atomic E-state index is 0.0819. The third kappa shape index (κ3) is 6.62. The lowest BCUT2D eigenvalue weighted by atomic mass is 10.2. The number of rotatable bonds is 7. The third-order valence-electron chi connectivity index (χ3n) is 2.60. The van der Waals surface area contributed by atoms with Crippen LogP contribution in [0.4, 0.5) is 5.69 Å². The summed E-state index contributed by atoms with van der Waals surface area (Å²) in [7, 11) is 1.25. The van der Waals surface area contributed by atoms with Crippen LogP contribution in [0.2, 0.25) is 0 Å². The molecular weight excluding hydrogens is 304 g/mol. The van der Waals surface area contributed by atoms with Crippen molar-refractivity contribution >= 4 is 35.2 Å². The second-order valence-corrected chi connectivity index (χ2v) is 6.31. The number of carbonyl (C=O) groups excluding carboxylic acids is 3. The van der Waals surface area contributed by atoms with E-state index in [0.29, 0.717) is 22.3 Å². The molecule has 0 fully saturated rings. The molecule has 0 bridgehead atoms. The first-order chi connectivity index (χ1) is 10.4. The third-order valence-corrected chi connectivity index (χ3v) is 3.70. The summed E-state index contributed by atoms with van der Waals surface area (Å²) < 4.78 is 4.44. The molecule has 0 radical (unpaired) electrons. The van der Waals surface area contributed by atoms with Gasteiger partial charge in [-0.15, -0.1) is 11.8 Å².